The van der Waals surface area contributed by atoms with Gasteiger partial charge >= 0.3 is 6.03 Å². The number of nitrogens with zero attached hydrogens (tertiary/aromatic N) is 3. The highest BCUT2D eigenvalue weighted by molar-refractivity contribution is 5.93. The Morgan fingerprint density at radius 1 is 0.929 bits per heavy atom. The van der Waals surface area contributed by atoms with E-state index in [1.165, 1.54) is 0 Å². The molecule has 0 atom stereocenters. The minimum absolute atomic E-state index is 0.0618. The zero-order valence-electron chi connectivity index (χ0n) is 25.1. The van der Waals surface area contributed by atoms with E-state index in [2.05, 4.69) is 10.2 Å². The number of anilines is 1. The number of hydrogen-bond acceptors (Lipinski definition) is 7. The van der Waals surface area contributed by atoms with E-state index < -0.39 is 0 Å². The molecule has 4 rings (SSSR count). The number of ether oxygens (including phenoxy) is 3. The fourth-order valence-corrected chi connectivity index (χ4v) is 4.98. The first-order chi connectivity index (χ1) is 20.4. The minimum Gasteiger partial charge on any atom is -0.493 e. The van der Waals surface area contributed by atoms with Crippen molar-refractivity contribution < 1.29 is 28.2 Å². The summed E-state index contributed by atoms with van der Waals surface area (Å²) in [6, 6.07) is 15.0. The van der Waals surface area contributed by atoms with Crippen molar-refractivity contribution in [2.24, 2.45) is 0 Å². The van der Waals surface area contributed by atoms with Gasteiger partial charge in [-0.15, -0.1) is 0 Å². The Bertz CT molecular complexity index is 1290. The van der Waals surface area contributed by atoms with Crippen LogP contribution in [0.4, 0.5) is 10.5 Å². The third-order valence-electron chi connectivity index (χ3n) is 7.51. The molecule has 1 N–H and O–H groups in total. The lowest BCUT2D eigenvalue weighted by molar-refractivity contribution is -0.132. The minimum atomic E-state index is -0.299. The molecule has 1 saturated heterocycles. The van der Waals surface area contributed by atoms with Crippen LogP contribution in [-0.4, -0.2) is 93.3 Å². The van der Waals surface area contributed by atoms with Gasteiger partial charge in [-0.1, -0.05) is 24.3 Å². The first-order valence-corrected chi connectivity index (χ1v) is 14.3. The van der Waals surface area contributed by atoms with Crippen LogP contribution in [0.5, 0.6) is 11.5 Å². The molecule has 0 unspecified atom stereocenters. The Morgan fingerprint density at radius 3 is 2.33 bits per heavy atom. The first kappa shape index (κ1) is 30.9. The van der Waals surface area contributed by atoms with Gasteiger partial charge in [0.2, 0.25) is 5.91 Å². The van der Waals surface area contributed by atoms with Crippen LogP contribution < -0.4 is 14.8 Å². The van der Waals surface area contributed by atoms with Gasteiger partial charge in [-0.25, -0.2) is 4.79 Å². The van der Waals surface area contributed by atoms with Crippen LogP contribution in [0.15, 0.2) is 59.2 Å². The second-order valence-corrected chi connectivity index (χ2v) is 10.4. The second kappa shape index (κ2) is 15.3. The summed E-state index contributed by atoms with van der Waals surface area (Å²) < 4.78 is 21.9. The van der Waals surface area contributed by atoms with E-state index in [1.807, 2.05) is 56.3 Å². The lowest BCUT2D eigenvalue weighted by Crippen LogP contribution is -2.48. The molecule has 3 amide bonds. The number of methoxy groups -OCH3 is 2. The molecule has 0 aliphatic carbocycles. The summed E-state index contributed by atoms with van der Waals surface area (Å²) in [5.74, 6) is 1.80. The molecule has 0 spiro atoms. The number of benzene rings is 2. The molecular weight excluding hydrogens is 536 g/mol. The summed E-state index contributed by atoms with van der Waals surface area (Å²) in [6.45, 7) is 8.60. The van der Waals surface area contributed by atoms with Gasteiger partial charge in [-0.3, -0.25) is 9.69 Å². The second-order valence-electron chi connectivity index (χ2n) is 10.4. The molecule has 0 saturated carbocycles. The van der Waals surface area contributed by atoms with Crippen molar-refractivity contribution in [1.29, 1.82) is 0 Å². The van der Waals surface area contributed by atoms with Gasteiger partial charge in [-0.05, 0) is 61.2 Å². The smallest absolute Gasteiger partial charge is 0.322 e. The highest BCUT2D eigenvalue weighted by atomic mass is 16.5. The monoisotopic (exact) mass is 578 g/mol. The third-order valence-corrected chi connectivity index (χ3v) is 7.51. The molecular formula is C32H42N4O6. The number of nitrogens with one attached hydrogen (secondary N) is 1. The Morgan fingerprint density at radius 2 is 1.67 bits per heavy atom. The highest BCUT2D eigenvalue weighted by Gasteiger charge is 2.24. The number of carbonyl (C=O) groups is 2. The lowest BCUT2D eigenvalue weighted by atomic mass is 10.1. The molecule has 10 heteroatoms. The van der Waals surface area contributed by atoms with Crippen LogP contribution >= 0.6 is 0 Å². The van der Waals surface area contributed by atoms with Gasteiger partial charge in [0.1, 0.15) is 12.3 Å². The van der Waals surface area contributed by atoms with E-state index in [0.717, 1.165) is 35.5 Å². The Balaban J connectivity index is 1.50. The summed E-state index contributed by atoms with van der Waals surface area (Å²) in [4.78, 5) is 33.1. The maximum atomic E-state index is 13.9. The molecule has 2 heterocycles. The zero-order valence-corrected chi connectivity index (χ0v) is 25.1. The molecule has 1 aliphatic rings. The molecule has 1 aliphatic heterocycles. The van der Waals surface area contributed by atoms with Crippen molar-refractivity contribution in [3.8, 4) is 11.5 Å². The largest absolute Gasteiger partial charge is 0.493 e. The van der Waals surface area contributed by atoms with Crippen LogP contribution in [0, 0.1) is 13.8 Å². The average molecular weight is 579 g/mol. The van der Waals surface area contributed by atoms with E-state index in [0.29, 0.717) is 63.1 Å². The number of para-hydroxylation sites is 1. The number of urea groups is 1. The number of hydrogen-bond donors (Lipinski definition) is 1. The zero-order chi connectivity index (χ0) is 29.9. The highest BCUT2D eigenvalue weighted by Crippen LogP contribution is 2.28. The molecule has 42 heavy (non-hydrogen) atoms. The van der Waals surface area contributed by atoms with Crippen molar-refractivity contribution in [3.63, 3.8) is 0 Å². The van der Waals surface area contributed by atoms with Crippen LogP contribution in [0.1, 0.15) is 22.5 Å². The molecule has 226 valence electrons. The van der Waals surface area contributed by atoms with Gasteiger partial charge in [0.25, 0.3) is 0 Å². The van der Waals surface area contributed by atoms with Gasteiger partial charge < -0.3 is 33.7 Å². The van der Waals surface area contributed by atoms with E-state index in [9.17, 15) is 9.59 Å². The molecule has 1 aromatic heterocycles. The number of amides is 3. The molecule has 0 radical (unpaired) electrons. The predicted octanol–water partition coefficient (Wildman–Crippen LogP) is 4.35. The van der Waals surface area contributed by atoms with Crippen LogP contribution in [0.25, 0.3) is 0 Å². The summed E-state index contributed by atoms with van der Waals surface area (Å²) in [5.41, 5.74) is 3.71. The SMILES string of the molecule is COc1ccc(CCN(Cc2ccco2)C(=O)CN(CCN2CCOCC2)C(=O)Nc2c(C)cccc2C)cc1OC. The Hall–Kier alpha value is -4.02. The maximum Gasteiger partial charge on any atom is 0.322 e. The number of aryl methyl sites for hydroxylation is 2. The number of carbonyl (C=O) groups excluding carboxylic acids is 2. The van der Waals surface area contributed by atoms with Crippen LogP contribution in [0.2, 0.25) is 0 Å². The first-order valence-electron chi connectivity index (χ1n) is 14.3. The number of rotatable bonds is 13. The maximum absolute atomic E-state index is 13.9. The fraction of sp³-hybridized carbons (Fsp3) is 0.438. The van der Waals surface area contributed by atoms with Crippen LogP contribution in [-0.2, 0) is 22.5 Å². The lowest BCUT2D eigenvalue weighted by Gasteiger charge is -2.31. The molecule has 1 fully saturated rings. The summed E-state index contributed by atoms with van der Waals surface area (Å²) >= 11 is 0. The molecule has 3 aromatic rings. The predicted molar refractivity (Wildman–Crippen MR) is 161 cm³/mol. The molecule has 0 bridgehead atoms. The van der Waals surface area contributed by atoms with E-state index in [1.54, 1.807) is 36.3 Å². The standard InChI is InChI=1S/C32H42N4O6/c1-24-7-5-8-25(2)31(24)33-32(38)36(15-14-34-16-19-41-20-17-34)23-30(37)35(22-27-9-6-18-42-27)13-12-26-10-11-28(39-3)29(21-26)40-4/h5-11,18,21H,12-17,19-20,22-23H2,1-4H3,(H,33,38). The van der Waals surface area contributed by atoms with E-state index >= 15 is 0 Å². The van der Waals surface area contributed by atoms with Crippen molar-refractivity contribution in [2.45, 2.75) is 26.8 Å². The normalized spacial score (nSPS) is 13.4. The average Bonchev–Trinajstić information content (AvgIpc) is 3.52. The summed E-state index contributed by atoms with van der Waals surface area (Å²) in [6.07, 6.45) is 2.19. The van der Waals surface area contributed by atoms with Gasteiger partial charge in [-0.2, -0.15) is 0 Å². The van der Waals surface area contributed by atoms with Crippen molar-refractivity contribution in [3.05, 3.63) is 77.2 Å². The fourth-order valence-electron chi connectivity index (χ4n) is 4.98. The van der Waals surface area contributed by atoms with Gasteiger partial charge in [0.05, 0.1) is 40.2 Å². The number of morpholine rings is 1. The summed E-state index contributed by atoms with van der Waals surface area (Å²) in [5, 5.41) is 3.07. The number of furan rings is 1. The quantitative estimate of drug-likeness (QED) is 0.322. The third kappa shape index (κ3) is 8.50. The molecule has 2 aromatic carbocycles. The van der Waals surface area contributed by atoms with Gasteiger partial charge in [0.15, 0.2) is 11.5 Å². The van der Waals surface area contributed by atoms with Crippen molar-refractivity contribution >= 4 is 17.6 Å². The van der Waals surface area contributed by atoms with Crippen LogP contribution in [0.3, 0.4) is 0 Å². The summed E-state index contributed by atoms with van der Waals surface area (Å²) in [7, 11) is 3.20. The Kier molecular flexibility index (Phi) is 11.2. The van der Waals surface area contributed by atoms with E-state index in [4.69, 9.17) is 18.6 Å². The van der Waals surface area contributed by atoms with Crippen molar-refractivity contribution in [1.82, 2.24) is 14.7 Å². The van der Waals surface area contributed by atoms with Gasteiger partial charge in [0, 0.05) is 38.4 Å². The van der Waals surface area contributed by atoms with Crippen molar-refractivity contribution in [2.75, 3.05) is 72.0 Å². The molecule has 10 nitrogen and oxygen atoms in total. The topological polar surface area (TPSA) is 96.7 Å². The van der Waals surface area contributed by atoms with E-state index in [-0.39, 0.29) is 18.5 Å². The Labute approximate surface area is 248 Å².